The fourth-order valence-electron chi connectivity index (χ4n) is 2.58. The number of halogens is 1. The van der Waals surface area contributed by atoms with Crippen LogP contribution < -0.4 is 15.6 Å². The SMILES string of the molecule is CCc1ccc2c(CC(=O)NNC(=O)COc3ccccc3F)coc2c1. The van der Waals surface area contributed by atoms with E-state index in [0.29, 0.717) is 0 Å². The summed E-state index contributed by atoms with van der Waals surface area (Å²) in [5.41, 5.74) is 7.13. The number of para-hydroxylation sites is 1. The lowest BCUT2D eigenvalue weighted by Crippen LogP contribution is -2.44. The normalized spacial score (nSPS) is 10.6. The number of aryl methyl sites for hydroxylation is 1. The Hall–Kier alpha value is -3.35. The van der Waals surface area contributed by atoms with Crippen molar-refractivity contribution in [1.29, 1.82) is 0 Å². The van der Waals surface area contributed by atoms with E-state index in [1.54, 1.807) is 6.07 Å². The molecule has 0 saturated heterocycles. The lowest BCUT2D eigenvalue weighted by Gasteiger charge is -2.09. The van der Waals surface area contributed by atoms with Gasteiger partial charge in [0.15, 0.2) is 18.2 Å². The molecule has 0 spiro atoms. The number of hydrogen-bond acceptors (Lipinski definition) is 4. The number of nitrogens with one attached hydrogen (secondary N) is 2. The molecule has 27 heavy (non-hydrogen) atoms. The minimum atomic E-state index is -0.601. The van der Waals surface area contributed by atoms with E-state index < -0.39 is 24.2 Å². The van der Waals surface area contributed by atoms with Crippen LogP contribution >= 0.6 is 0 Å². The minimum Gasteiger partial charge on any atom is -0.481 e. The summed E-state index contributed by atoms with van der Waals surface area (Å²) in [5.74, 6) is -1.60. The van der Waals surface area contributed by atoms with Crippen molar-refractivity contribution >= 4 is 22.8 Å². The van der Waals surface area contributed by atoms with Gasteiger partial charge in [-0.1, -0.05) is 31.2 Å². The molecule has 0 saturated carbocycles. The fraction of sp³-hybridized carbons (Fsp3) is 0.200. The highest BCUT2D eigenvalue weighted by Crippen LogP contribution is 2.23. The van der Waals surface area contributed by atoms with E-state index in [2.05, 4.69) is 17.8 Å². The molecule has 0 atom stereocenters. The number of furan rings is 1. The second-order valence-electron chi connectivity index (χ2n) is 5.94. The first-order chi connectivity index (χ1) is 13.1. The summed E-state index contributed by atoms with van der Waals surface area (Å²) in [5, 5.41) is 0.858. The zero-order valence-electron chi connectivity index (χ0n) is 14.8. The molecule has 6 nitrogen and oxygen atoms in total. The highest BCUT2D eigenvalue weighted by molar-refractivity contribution is 5.89. The van der Waals surface area contributed by atoms with Crippen LogP contribution in [0.4, 0.5) is 4.39 Å². The van der Waals surface area contributed by atoms with E-state index >= 15 is 0 Å². The van der Waals surface area contributed by atoms with Crippen LogP contribution in [0, 0.1) is 5.82 Å². The summed E-state index contributed by atoms with van der Waals surface area (Å²) in [6.07, 6.45) is 2.48. The molecule has 0 bridgehead atoms. The van der Waals surface area contributed by atoms with Crippen LogP contribution in [0.3, 0.4) is 0 Å². The lowest BCUT2D eigenvalue weighted by molar-refractivity contribution is -0.129. The first-order valence-electron chi connectivity index (χ1n) is 8.51. The van der Waals surface area contributed by atoms with Crippen LogP contribution in [0.15, 0.2) is 53.1 Å². The van der Waals surface area contributed by atoms with Crippen LogP contribution in [0.1, 0.15) is 18.1 Å². The van der Waals surface area contributed by atoms with Gasteiger partial charge in [0.2, 0.25) is 5.91 Å². The summed E-state index contributed by atoms with van der Waals surface area (Å²) in [7, 11) is 0. The Morgan fingerprint density at radius 1 is 1.11 bits per heavy atom. The predicted molar refractivity (Wildman–Crippen MR) is 97.5 cm³/mol. The topological polar surface area (TPSA) is 80.6 Å². The second kappa shape index (κ2) is 8.35. The van der Waals surface area contributed by atoms with Crippen LogP contribution in [-0.2, 0) is 22.4 Å². The molecule has 2 aromatic carbocycles. The maximum absolute atomic E-state index is 13.4. The second-order valence-corrected chi connectivity index (χ2v) is 5.94. The quantitative estimate of drug-likeness (QED) is 0.654. The van der Waals surface area contributed by atoms with E-state index in [4.69, 9.17) is 9.15 Å². The molecule has 0 fully saturated rings. The molecule has 7 heteroatoms. The minimum absolute atomic E-state index is 0.0321. The first-order valence-corrected chi connectivity index (χ1v) is 8.51. The number of carbonyl (C=O) groups is 2. The van der Waals surface area contributed by atoms with Crippen molar-refractivity contribution in [2.45, 2.75) is 19.8 Å². The van der Waals surface area contributed by atoms with Crippen molar-refractivity contribution in [2.24, 2.45) is 0 Å². The van der Waals surface area contributed by atoms with Gasteiger partial charge < -0.3 is 9.15 Å². The van der Waals surface area contributed by atoms with Gasteiger partial charge in [0.25, 0.3) is 5.91 Å². The summed E-state index contributed by atoms with van der Waals surface area (Å²) in [6, 6.07) is 11.6. The van der Waals surface area contributed by atoms with Gasteiger partial charge >= 0.3 is 0 Å². The van der Waals surface area contributed by atoms with Crippen molar-refractivity contribution in [3.63, 3.8) is 0 Å². The number of rotatable bonds is 6. The van der Waals surface area contributed by atoms with Gasteiger partial charge in [0.05, 0.1) is 12.7 Å². The maximum Gasteiger partial charge on any atom is 0.276 e. The van der Waals surface area contributed by atoms with E-state index in [1.807, 2.05) is 18.2 Å². The highest BCUT2D eigenvalue weighted by atomic mass is 19.1. The summed E-state index contributed by atoms with van der Waals surface area (Å²) < 4.78 is 24.0. The third-order valence-electron chi connectivity index (χ3n) is 4.02. The zero-order chi connectivity index (χ0) is 19.2. The van der Waals surface area contributed by atoms with Gasteiger partial charge in [-0.2, -0.15) is 0 Å². The van der Waals surface area contributed by atoms with Crippen molar-refractivity contribution in [2.75, 3.05) is 6.61 Å². The molecular formula is C20H19FN2O4. The predicted octanol–water partition coefficient (Wildman–Crippen LogP) is 2.90. The van der Waals surface area contributed by atoms with Crippen LogP contribution in [-0.4, -0.2) is 18.4 Å². The van der Waals surface area contributed by atoms with Crippen LogP contribution in [0.5, 0.6) is 5.75 Å². The van der Waals surface area contributed by atoms with Gasteiger partial charge in [0, 0.05) is 10.9 Å². The molecule has 2 amide bonds. The summed E-state index contributed by atoms with van der Waals surface area (Å²) in [6.45, 7) is 1.63. The average Bonchev–Trinajstić information content (AvgIpc) is 3.07. The summed E-state index contributed by atoms with van der Waals surface area (Å²) >= 11 is 0. The van der Waals surface area contributed by atoms with Crippen molar-refractivity contribution < 1.29 is 23.1 Å². The third kappa shape index (κ3) is 4.63. The monoisotopic (exact) mass is 370 g/mol. The number of benzene rings is 2. The number of hydrogen-bond donors (Lipinski definition) is 2. The average molecular weight is 370 g/mol. The standard InChI is InChI=1S/C20H19FN2O4/c1-2-13-7-8-15-14(11-26-18(15)9-13)10-19(24)22-23-20(25)12-27-17-6-4-3-5-16(17)21/h3-9,11H,2,10,12H2,1H3,(H,22,24)(H,23,25). The Labute approximate surface area is 155 Å². The maximum atomic E-state index is 13.4. The molecule has 0 aliphatic heterocycles. The molecule has 1 heterocycles. The van der Waals surface area contributed by atoms with E-state index in [0.717, 1.165) is 28.5 Å². The number of hydrazine groups is 1. The summed E-state index contributed by atoms with van der Waals surface area (Å²) in [4.78, 5) is 23.8. The van der Waals surface area contributed by atoms with Gasteiger partial charge in [0.1, 0.15) is 5.58 Å². The molecule has 1 aromatic heterocycles. The van der Waals surface area contributed by atoms with E-state index in [1.165, 1.54) is 24.5 Å². The number of carbonyl (C=O) groups excluding carboxylic acids is 2. The lowest BCUT2D eigenvalue weighted by atomic mass is 10.1. The third-order valence-corrected chi connectivity index (χ3v) is 4.02. The van der Waals surface area contributed by atoms with E-state index in [9.17, 15) is 14.0 Å². The smallest absolute Gasteiger partial charge is 0.276 e. The molecular weight excluding hydrogens is 351 g/mol. The van der Waals surface area contributed by atoms with Gasteiger partial charge in [-0.05, 0) is 30.2 Å². The Morgan fingerprint density at radius 2 is 1.89 bits per heavy atom. The zero-order valence-corrected chi connectivity index (χ0v) is 14.8. The van der Waals surface area contributed by atoms with Gasteiger partial charge in [-0.3, -0.25) is 20.4 Å². The Balaban J connectivity index is 1.49. The van der Waals surface area contributed by atoms with Crippen molar-refractivity contribution in [3.05, 3.63) is 65.7 Å². The molecule has 0 unspecified atom stereocenters. The highest BCUT2D eigenvalue weighted by Gasteiger charge is 2.12. The van der Waals surface area contributed by atoms with Crippen molar-refractivity contribution in [3.8, 4) is 5.75 Å². The fourth-order valence-corrected chi connectivity index (χ4v) is 2.58. The van der Waals surface area contributed by atoms with Crippen LogP contribution in [0.2, 0.25) is 0 Å². The number of ether oxygens (including phenoxy) is 1. The first kappa shape index (κ1) is 18.4. The molecule has 2 N–H and O–H groups in total. The number of amides is 2. The van der Waals surface area contributed by atoms with Crippen molar-refractivity contribution in [1.82, 2.24) is 10.9 Å². The Morgan fingerprint density at radius 3 is 2.67 bits per heavy atom. The van der Waals surface area contributed by atoms with E-state index in [-0.39, 0.29) is 12.2 Å². The van der Waals surface area contributed by atoms with Gasteiger partial charge in [-0.15, -0.1) is 0 Å². The van der Waals surface area contributed by atoms with Crippen LogP contribution in [0.25, 0.3) is 11.0 Å². The molecule has 0 aliphatic rings. The molecule has 140 valence electrons. The van der Waals surface area contributed by atoms with Gasteiger partial charge in [-0.25, -0.2) is 4.39 Å². The Kier molecular flexibility index (Phi) is 5.71. The molecule has 3 aromatic rings. The number of fused-ring (bicyclic) bond motifs is 1. The molecule has 0 aliphatic carbocycles. The Bertz CT molecular complexity index is 968. The molecule has 3 rings (SSSR count). The molecule has 0 radical (unpaired) electrons. The largest absolute Gasteiger partial charge is 0.481 e.